The molecule has 1 aliphatic heterocycles. The van der Waals surface area contributed by atoms with Crippen LogP contribution in [0.1, 0.15) is 43.5 Å². The minimum absolute atomic E-state index is 0.0491. The fraction of sp³-hybridized carbons (Fsp3) is 0.500. The standard InChI is InChI=1S/C14H17ClN2O3/c1-3-11-6-4-9(2)16(11)14(18)10-5-7-12(15)13(8-10)17(19)20/h5,7-9,11H,3-4,6H2,1-2H3. The normalized spacial score (nSPS) is 22.1. The summed E-state index contributed by atoms with van der Waals surface area (Å²) in [7, 11) is 0. The summed E-state index contributed by atoms with van der Waals surface area (Å²) in [5.41, 5.74) is 0.103. The van der Waals surface area contributed by atoms with Crippen molar-refractivity contribution in [1.82, 2.24) is 4.90 Å². The van der Waals surface area contributed by atoms with E-state index in [0.717, 1.165) is 19.3 Å². The van der Waals surface area contributed by atoms with Gasteiger partial charge in [-0.15, -0.1) is 0 Å². The smallest absolute Gasteiger partial charge is 0.288 e. The van der Waals surface area contributed by atoms with E-state index in [1.165, 1.54) is 12.1 Å². The third-order valence-electron chi connectivity index (χ3n) is 3.88. The van der Waals surface area contributed by atoms with Crippen LogP contribution < -0.4 is 0 Å². The summed E-state index contributed by atoms with van der Waals surface area (Å²) in [4.78, 5) is 24.7. The van der Waals surface area contributed by atoms with Crippen molar-refractivity contribution in [2.45, 2.75) is 45.2 Å². The summed E-state index contributed by atoms with van der Waals surface area (Å²) >= 11 is 5.77. The zero-order valence-electron chi connectivity index (χ0n) is 11.5. The molecule has 2 rings (SSSR count). The highest BCUT2D eigenvalue weighted by Gasteiger charge is 2.34. The molecule has 20 heavy (non-hydrogen) atoms. The lowest BCUT2D eigenvalue weighted by atomic mass is 10.1. The Hall–Kier alpha value is -1.62. The van der Waals surface area contributed by atoms with Gasteiger partial charge in [-0.3, -0.25) is 14.9 Å². The number of carbonyl (C=O) groups is 1. The molecule has 1 aliphatic rings. The number of nitrogens with zero attached hydrogens (tertiary/aromatic N) is 2. The lowest BCUT2D eigenvalue weighted by Gasteiger charge is -2.28. The van der Waals surface area contributed by atoms with E-state index in [2.05, 4.69) is 0 Å². The minimum atomic E-state index is -0.566. The Labute approximate surface area is 122 Å². The van der Waals surface area contributed by atoms with E-state index >= 15 is 0 Å². The molecule has 0 aromatic heterocycles. The third-order valence-corrected chi connectivity index (χ3v) is 4.20. The van der Waals surface area contributed by atoms with E-state index in [0.29, 0.717) is 5.56 Å². The molecule has 0 bridgehead atoms. The fourth-order valence-corrected chi connectivity index (χ4v) is 2.96. The van der Waals surface area contributed by atoms with E-state index in [-0.39, 0.29) is 28.7 Å². The highest BCUT2D eigenvalue weighted by Crippen LogP contribution is 2.30. The van der Waals surface area contributed by atoms with Crippen molar-refractivity contribution in [2.75, 3.05) is 0 Å². The van der Waals surface area contributed by atoms with E-state index in [9.17, 15) is 14.9 Å². The molecule has 1 fully saturated rings. The number of carbonyl (C=O) groups excluding carboxylic acids is 1. The molecule has 0 N–H and O–H groups in total. The second-order valence-corrected chi connectivity index (χ2v) is 5.53. The van der Waals surface area contributed by atoms with Gasteiger partial charge in [-0.1, -0.05) is 18.5 Å². The highest BCUT2D eigenvalue weighted by molar-refractivity contribution is 6.32. The van der Waals surface area contributed by atoms with Crippen molar-refractivity contribution >= 4 is 23.2 Å². The molecule has 2 unspecified atom stereocenters. The van der Waals surface area contributed by atoms with Gasteiger partial charge in [0, 0.05) is 23.7 Å². The van der Waals surface area contributed by atoms with Crippen LogP contribution in [0.3, 0.4) is 0 Å². The van der Waals surface area contributed by atoms with Gasteiger partial charge in [-0.2, -0.15) is 0 Å². The van der Waals surface area contributed by atoms with Crippen molar-refractivity contribution in [1.29, 1.82) is 0 Å². The molecule has 0 aliphatic carbocycles. The molecule has 1 aromatic rings. The van der Waals surface area contributed by atoms with Crippen LogP contribution >= 0.6 is 11.6 Å². The van der Waals surface area contributed by atoms with Gasteiger partial charge in [0.2, 0.25) is 0 Å². The van der Waals surface area contributed by atoms with Crippen LogP contribution in [0, 0.1) is 10.1 Å². The Morgan fingerprint density at radius 2 is 2.20 bits per heavy atom. The first kappa shape index (κ1) is 14.8. The zero-order chi connectivity index (χ0) is 14.9. The molecule has 1 saturated heterocycles. The minimum Gasteiger partial charge on any atom is -0.333 e. The number of hydrogen-bond donors (Lipinski definition) is 0. The Bertz CT molecular complexity index is 547. The molecule has 6 heteroatoms. The van der Waals surface area contributed by atoms with Crippen molar-refractivity contribution in [2.24, 2.45) is 0 Å². The Morgan fingerprint density at radius 1 is 1.50 bits per heavy atom. The fourth-order valence-electron chi connectivity index (χ4n) is 2.77. The van der Waals surface area contributed by atoms with E-state index in [1.54, 1.807) is 6.07 Å². The summed E-state index contributed by atoms with van der Waals surface area (Å²) in [6, 6.07) is 4.61. The van der Waals surface area contributed by atoms with Gasteiger partial charge in [0.1, 0.15) is 5.02 Å². The molecule has 1 amide bonds. The van der Waals surface area contributed by atoms with Gasteiger partial charge in [-0.25, -0.2) is 0 Å². The number of nitro groups is 1. The Morgan fingerprint density at radius 3 is 2.80 bits per heavy atom. The van der Waals surface area contributed by atoms with Crippen LogP contribution in [0.5, 0.6) is 0 Å². The molecule has 5 nitrogen and oxygen atoms in total. The number of benzene rings is 1. The zero-order valence-corrected chi connectivity index (χ0v) is 12.3. The number of amides is 1. The Kier molecular flexibility index (Phi) is 4.28. The predicted octanol–water partition coefficient (Wildman–Crippen LogP) is 3.65. The van der Waals surface area contributed by atoms with Gasteiger partial charge >= 0.3 is 0 Å². The van der Waals surface area contributed by atoms with E-state index in [1.807, 2.05) is 18.7 Å². The second-order valence-electron chi connectivity index (χ2n) is 5.12. The van der Waals surface area contributed by atoms with Crippen LogP contribution in [0.4, 0.5) is 5.69 Å². The van der Waals surface area contributed by atoms with Gasteiger partial charge in [0.25, 0.3) is 11.6 Å². The monoisotopic (exact) mass is 296 g/mol. The second kappa shape index (κ2) is 5.79. The number of hydrogen-bond acceptors (Lipinski definition) is 3. The van der Waals surface area contributed by atoms with Gasteiger partial charge < -0.3 is 4.90 Å². The molecule has 108 valence electrons. The summed E-state index contributed by atoms with van der Waals surface area (Å²) in [5, 5.41) is 10.9. The molecule has 1 heterocycles. The number of halogens is 1. The van der Waals surface area contributed by atoms with Gasteiger partial charge in [-0.05, 0) is 38.3 Å². The third kappa shape index (κ3) is 2.63. The van der Waals surface area contributed by atoms with Crippen molar-refractivity contribution in [3.63, 3.8) is 0 Å². The molecule has 0 saturated carbocycles. The van der Waals surface area contributed by atoms with Crippen molar-refractivity contribution in [3.8, 4) is 0 Å². The lowest BCUT2D eigenvalue weighted by molar-refractivity contribution is -0.384. The van der Waals surface area contributed by atoms with E-state index < -0.39 is 4.92 Å². The number of nitro benzene ring substituents is 1. The summed E-state index contributed by atoms with van der Waals surface area (Å²) in [6.07, 6.45) is 2.85. The SMILES string of the molecule is CCC1CCC(C)N1C(=O)c1ccc(Cl)c([N+](=O)[O-])c1. The molecule has 0 radical (unpaired) electrons. The average molecular weight is 297 g/mol. The van der Waals surface area contributed by atoms with Gasteiger partial charge in [0.15, 0.2) is 0 Å². The molecule has 2 atom stereocenters. The highest BCUT2D eigenvalue weighted by atomic mass is 35.5. The predicted molar refractivity (Wildman–Crippen MR) is 77.1 cm³/mol. The van der Waals surface area contributed by atoms with Crippen LogP contribution in [0.25, 0.3) is 0 Å². The summed E-state index contributed by atoms with van der Waals surface area (Å²) in [6.45, 7) is 4.06. The van der Waals surface area contributed by atoms with E-state index in [4.69, 9.17) is 11.6 Å². The first-order chi connectivity index (χ1) is 9.45. The largest absolute Gasteiger partial charge is 0.333 e. The van der Waals surface area contributed by atoms with Crippen molar-refractivity contribution in [3.05, 3.63) is 38.9 Å². The van der Waals surface area contributed by atoms with Crippen LogP contribution in [-0.2, 0) is 0 Å². The summed E-state index contributed by atoms with van der Waals surface area (Å²) in [5.74, 6) is -0.151. The van der Waals surface area contributed by atoms with Crippen LogP contribution in [0.15, 0.2) is 18.2 Å². The molecular weight excluding hydrogens is 280 g/mol. The quantitative estimate of drug-likeness (QED) is 0.632. The summed E-state index contributed by atoms with van der Waals surface area (Å²) < 4.78 is 0. The molecule has 0 spiro atoms. The average Bonchev–Trinajstić information content (AvgIpc) is 2.79. The first-order valence-electron chi connectivity index (χ1n) is 6.72. The maximum Gasteiger partial charge on any atom is 0.288 e. The van der Waals surface area contributed by atoms with Crippen molar-refractivity contribution < 1.29 is 9.72 Å². The topological polar surface area (TPSA) is 63.5 Å². The molecule has 1 aromatic carbocycles. The number of rotatable bonds is 3. The number of likely N-dealkylation sites (tertiary alicyclic amines) is 1. The maximum absolute atomic E-state index is 12.6. The lowest BCUT2D eigenvalue weighted by Crippen LogP contribution is -2.39. The van der Waals surface area contributed by atoms with Crippen LogP contribution in [-0.4, -0.2) is 27.8 Å². The first-order valence-corrected chi connectivity index (χ1v) is 7.10. The molecular formula is C14H17ClN2O3. The maximum atomic E-state index is 12.6. The van der Waals surface area contributed by atoms with Gasteiger partial charge in [0.05, 0.1) is 4.92 Å². The Balaban J connectivity index is 2.33. The van der Waals surface area contributed by atoms with Crippen LogP contribution in [0.2, 0.25) is 5.02 Å².